The van der Waals surface area contributed by atoms with E-state index in [9.17, 15) is 4.79 Å². The molecule has 2 aliphatic rings. The van der Waals surface area contributed by atoms with E-state index in [1.54, 1.807) is 0 Å². The molecule has 1 heterocycles. The van der Waals surface area contributed by atoms with Crippen LogP contribution in [-0.2, 0) is 4.79 Å². The number of ketones is 1. The number of rotatable bonds is 7. The summed E-state index contributed by atoms with van der Waals surface area (Å²) < 4.78 is 11.4. The third-order valence-electron chi connectivity index (χ3n) is 6.72. The average Bonchev–Trinajstić information content (AvgIpc) is 3.06. The lowest BCUT2D eigenvalue weighted by atomic mass is 9.78. The van der Waals surface area contributed by atoms with Crippen LogP contribution in [0.4, 0.5) is 11.4 Å². The minimum absolute atomic E-state index is 0.0961. The van der Waals surface area contributed by atoms with Crippen LogP contribution in [-0.4, -0.2) is 19.0 Å². The van der Waals surface area contributed by atoms with Crippen molar-refractivity contribution in [3.8, 4) is 11.5 Å². The van der Waals surface area contributed by atoms with Crippen molar-refractivity contribution in [2.24, 2.45) is 0 Å². The van der Waals surface area contributed by atoms with Crippen LogP contribution in [0.1, 0.15) is 56.2 Å². The molecular formula is C30H31ClN2O3. The van der Waals surface area contributed by atoms with E-state index in [-0.39, 0.29) is 17.7 Å². The Balaban J connectivity index is 1.51. The first kappa shape index (κ1) is 24.3. The molecule has 1 aliphatic carbocycles. The summed E-state index contributed by atoms with van der Waals surface area (Å²) >= 11 is 6.55. The summed E-state index contributed by atoms with van der Waals surface area (Å²) in [7, 11) is 0. The molecule has 2 unspecified atom stereocenters. The van der Waals surface area contributed by atoms with E-state index < -0.39 is 0 Å². The Kier molecular flexibility index (Phi) is 7.19. The van der Waals surface area contributed by atoms with E-state index in [2.05, 4.69) is 29.7 Å². The van der Waals surface area contributed by atoms with E-state index in [1.807, 2.05) is 61.5 Å². The van der Waals surface area contributed by atoms with Gasteiger partial charge in [0.1, 0.15) is 11.5 Å². The van der Waals surface area contributed by atoms with Crippen LogP contribution in [0.15, 0.2) is 78.0 Å². The number of benzene rings is 3. The SMILES string of the molecule is CCCOc1ccc(C2CC(=O)C3=C(C2)Nc2ccccc2NC3c2ccc(OCC)c(Cl)c2)cc1. The summed E-state index contributed by atoms with van der Waals surface area (Å²) in [4.78, 5) is 13.7. The quantitative estimate of drug-likeness (QED) is 0.350. The first-order valence-electron chi connectivity index (χ1n) is 12.6. The second-order valence-electron chi connectivity index (χ2n) is 9.21. The van der Waals surface area contributed by atoms with Crippen LogP contribution in [0.25, 0.3) is 0 Å². The molecule has 0 saturated heterocycles. The van der Waals surface area contributed by atoms with Gasteiger partial charge in [-0.25, -0.2) is 0 Å². The maximum absolute atomic E-state index is 13.7. The van der Waals surface area contributed by atoms with Crippen LogP contribution >= 0.6 is 11.6 Å². The summed E-state index contributed by atoms with van der Waals surface area (Å²) in [6.45, 7) is 5.26. The third-order valence-corrected chi connectivity index (χ3v) is 7.02. The molecule has 2 atom stereocenters. The fraction of sp³-hybridized carbons (Fsp3) is 0.300. The fourth-order valence-electron chi connectivity index (χ4n) is 5.00. The molecular weight excluding hydrogens is 472 g/mol. The summed E-state index contributed by atoms with van der Waals surface area (Å²) in [5, 5.41) is 7.74. The molecule has 0 amide bonds. The van der Waals surface area contributed by atoms with Crippen molar-refractivity contribution in [1.82, 2.24) is 0 Å². The van der Waals surface area contributed by atoms with Gasteiger partial charge in [-0.05, 0) is 73.2 Å². The molecule has 186 valence electrons. The zero-order valence-electron chi connectivity index (χ0n) is 20.6. The van der Waals surface area contributed by atoms with Crippen LogP contribution in [0, 0.1) is 0 Å². The highest BCUT2D eigenvalue weighted by molar-refractivity contribution is 6.32. The van der Waals surface area contributed by atoms with Gasteiger partial charge in [-0.3, -0.25) is 4.79 Å². The Morgan fingerprint density at radius 1 is 0.917 bits per heavy atom. The van der Waals surface area contributed by atoms with Gasteiger partial charge in [0.2, 0.25) is 0 Å². The van der Waals surface area contributed by atoms with Gasteiger partial charge in [-0.2, -0.15) is 0 Å². The number of Topliss-reactive ketones (excluding diaryl/α,β-unsaturated/α-hetero) is 1. The molecule has 0 saturated carbocycles. The summed E-state index contributed by atoms with van der Waals surface area (Å²) in [5.74, 6) is 1.74. The van der Waals surface area contributed by atoms with E-state index in [0.717, 1.165) is 52.4 Å². The molecule has 6 heteroatoms. The second kappa shape index (κ2) is 10.7. The molecule has 1 aliphatic heterocycles. The van der Waals surface area contributed by atoms with Gasteiger partial charge >= 0.3 is 0 Å². The summed E-state index contributed by atoms with van der Waals surface area (Å²) in [6.07, 6.45) is 2.17. The minimum atomic E-state index is -0.317. The van der Waals surface area contributed by atoms with Gasteiger partial charge < -0.3 is 20.1 Å². The van der Waals surface area contributed by atoms with Crippen LogP contribution in [0.3, 0.4) is 0 Å². The maximum atomic E-state index is 13.7. The first-order valence-corrected chi connectivity index (χ1v) is 13.0. The lowest BCUT2D eigenvalue weighted by molar-refractivity contribution is -0.116. The second-order valence-corrected chi connectivity index (χ2v) is 9.62. The lowest BCUT2D eigenvalue weighted by Gasteiger charge is -2.30. The summed E-state index contributed by atoms with van der Waals surface area (Å²) in [6, 6.07) is 21.7. The predicted molar refractivity (Wildman–Crippen MR) is 145 cm³/mol. The minimum Gasteiger partial charge on any atom is -0.494 e. The normalized spacial score (nSPS) is 18.9. The molecule has 0 aromatic heterocycles. The molecule has 0 radical (unpaired) electrons. The smallest absolute Gasteiger partial charge is 0.163 e. The van der Waals surface area contributed by atoms with Gasteiger partial charge in [-0.1, -0.05) is 48.9 Å². The Hall–Kier alpha value is -3.44. The number of fused-ring (bicyclic) bond motifs is 1. The Labute approximate surface area is 217 Å². The van der Waals surface area contributed by atoms with Crippen LogP contribution in [0.5, 0.6) is 11.5 Å². The van der Waals surface area contributed by atoms with Crippen molar-refractivity contribution < 1.29 is 14.3 Å². The van der Waals surface area contributed by atoms with E-state index in [4.69, 9.17) is 21.1 Å². The molecule has 5 rings (SSSR count). The highest BCUT2D eigenvalue weighted by atomic mass is 35.5. The molecule has 36 heavy (non-hydrogen) atoms. The van der Waals surface area contributed by atoms with Crippen LogP contribution in [0.2, 0.25) is 5.02 Å². The zero-order chi connectivity index (χ0) is 25.1. The zero-order valence-corrected chi connectivity index (χ0v) is 21.4. The summed E-state index contributed by atoms with van der Waals surface area (Å²) in [5.41, 5.74) is 5.70. The van der Waals surface area contributed by atoms with E-state index in [0.29, 0.717) is 30.4 Å². The average molecular weight is 503 g/mol. The topological polar surface area (TPSA) is 59.6 Å². The van der Waals surface area contributed by atoms with Gasteiger partial charge in [0, 0.05) is 17.7 Å². The van der Waals surface area contributed by atoms with Gasteiger partial charge in [-0.15, -0.1) is 0 Å². The molecule has 5 nitrogen and oxygen atoms in total. The number of halogens is 1. The van der Waals surface area contributed by atoms with Crippen LogP contribution < -0.4 is 20.1 Å². The van der Waals surface area contributed by atoms with Crippen molar-refractivity contribution in [2.45, 2.75) is 45.1 Å². The lowest BCUT2D eigenvalue weighted by Crippen LogP contribution is -2.26. The number of carbonyl (C=O) groups excluding carboxylic acids is 1. The highest BCUT2D eigenvalue weighted by Crippen LogP contribution is 2.45. The number of anilines is 2. The van der Waals surface area contributed by atoms with Crippen molar-refractivity contribution >= 4 is 28.8 Å². The number of nitrogens with one attached hydrogen (secondary N) is 2. The molecule has 3 aromatic carbocycles. The molecule has 0 bridgehead atoms. The largest absolute Gasteiger partial charge is 0.494 e. The Morgan fingerprint density at radius 3 is 2.39 bits per heavy atom. The maximum Gasteiger partial charge on any atom is 0.163 e. The number of allylic oxidation sites excluding steroid dienone is 1. The molecule has 3 aromatic rings. The van der Waals surface area contributed by atoms with Gasteiger partial charge in [0.25, 0.3) is 0 Å². The number of hydrogen-bond acceptors (Lipinski definition) is 5. The van der Waals surface area contributed by atoms with Crippen molar-refractivity contribution in [3.63, 3.8) is 0 Å². The standard InChI is InChI=1S/C30H31ClN2O3/c1-3-15-36-22-12-9-19(10-13-22)21-17-26-29(27(34)18-21)30(33-25-8-6-5-7-24(25)32-26)20-11-14-28(35-4-2)23(31)16-20/h5-14,16,21,30,32-33H,3-4,15,17-18H2,1-2H3. The molecule has 0 spiro atoms. The Morgan fingerprint density at radius 2 is 1.67 bits per heavy atom. The molecule has 2 N–H and O–H groups in total. The Bertz CT molecular complexity index is 1290. The van der Waals surface area contributed by atoms with Crippen molar-refractivity contribution in [3.05, 3.63) is 94.1 Å². The number of carbonyl (C=O) groups is 1. The van der Waals surface area contributed by atoms with Gasteiger partial charge in [0.15, 0.2) is 5.78 Å². The van der Waals surface area contributed by atoms with Crippen molar-refractivity contribution in [1.29, 1.82) is 0 Å². The van der Waals surface area contributed by atoms with Crippen molar-refractivity contribution in [2.75, 3.05) is 23.8 Å². The predicted octanol–water partition coefficient (Wildman–Crippen LogP) is 7.51. The highest BCUT2D eigenvalue weighted by Gasteiger charge is 2.36. The van der Waals surface area contributed by atoms with E-state index in [1.165, 1.54) is 0 Å². The number of ether oxygens (including phenoxy) is 2. The monoisotopic (exact) mass is 502 g/mol. The fourth-order valence-corrected chi connectivity index (χ4v) is 5.25. The third kappa shape index (κ3) is 4.93. The van der Waals surface area contributed by atoms with E-state index >= 15 is 0 Å². The number of para-hydroxylation sites is 2. The molecule has 0 fully saturated rings. The van der Waals surface area contributed by atoms with Gasteiger partial charge in [0.05, 0.1) is 35.7 Å². The first-order chi connectivity index (χ1) is 17.6. The number of hydrogen-bond donors (Lipinski definition) is 2.